The Morgan fingerprint density at radius 3 is 2.78 bits per heavy atom. The van der Waals surface area contributed by atoms with Gasteiger partial charge in [0.2, 0.25) is 0 Å². The lowest BCUT2D eigenvalue weighted by atomic mass is 10.3. The normalized spacial score (nSPS) is 12.4. The van der Waals surface area contributed by atoms with Crippen molar-refractivity contribution in [2.75, 3.05) is 6.54 Å². The second-order valence-corrected chi connectivity index (χ2v) is 1.76. The zero-order valence-electron chi connectivity index (χ0n) is 6.09. The number of aliphatic imine (C=N–C) groups is 1. The molecule has 0 amide bonds. The Kier molecular flexibility index (Phi) is 4.79. The molecule has 0 N–H and O–H groups in total. The lowest BCUT2D eigenvalue weighted by Gasteiger charge is -1.82. The van der Waals surface area contributed by atoms with E-state index < -0.39 is 0 Å². The molecule has 0 aromatic carbocycles. The number of nitrogens with zero attached hydrogens (tertiary/aromatic N) is 1. The van der Waals surface area contributed by atoms with Crippen molar-refractivity contribution in [1.29, 1.82) is 0 Å². The van der Waals surface area contributed by atoms with E-state index in [2.05, 4.69) is 11.6 Å². The van der Waals surface area contributed by atoms with Crippen molar-refractivity contribution in [3.8, 4) is 0 Å². The highest BCUT2D eigenvalue weighted by Gasteiger charge is 1.72. The Balaban J connectivity index is 3.68. The average Bonchev–Trinajstić information content (AvgIpc) is 1.89. The topological polar surface area (TPSA) is 12.4 Å². The molecule has 0 saturated carbocycles. The van der Waals surface area contributed by atoms with Crippen molar-refractivity contribution in [2.24, 2.45) is 4.99 Å². The maximum absolute atomic E-state index is 4.01. The van der Waals surface area contributed by atoms with Gasteiger partial charge >= 0.3 is 0 Å². The molecule has 1 heteroatoms. The Morgan fingerprint density at radius 2 is 2.33 bits per heavy atom. The van der Waals surface area contributed by atoms with E-state index in [0.717, 1.165) is 12.1 Å². The van der Waals surface area contributed by atoms with Gasteiger partial charge in [-0.2, -0.15) is 0 Å². The molecule has 0 radical (unpaired) electrons. The minimum absolute atomic E-state index is 0.848. The molecule has 0 aliphatic heterocycles. The molecule has 0 heterocycles. The zero-order valence-corrected chi connectivity index (χ0v) is 6.09. The van der Waals surface area contributed by atoms with Gasteiger partial charge in [-0.15, -0.1) is 0 Å². The SMILES string of the molecule is C=C/C(C)=C\C=NCC. The molecule has 0 rings (SSSR count). The Morgan fingerprint density at radius 1 is 1.67 bits per heavy atom. The van der Waals surface area contributed by atoms with Crippen molar-refractivity contribution in [3.63, 3.8) is 0 Å². The molecule has 0 aromatic rings. The monoisotopic (exact) mass is 123 g/mol. The minimum atomic E-state index is 0.848. The van der Waals surface area contributed by atoms with Crippen LogP contribution in [0.1, 0.15) is 13.8 Å². The van der Waals surface area contributed by atoms with Crippen LogP contribution < -0.4 is 0 Å². The highest BCUT2D eigenvalue weighted by Crippen LogP contribution is 1.88. The summed E-state index contributed by atoms with van der Waals surface area (Å²) in [6, 6.07) is 0. The third-order valence-corrected chi connectivity index (χ3v) is 0.947. The van der Waals surface area contributed by atoms with Crippen LogP contribution in [0.15, 0.2) is 29.3 Å². The lowest BCUT2D eigenvalue weighted by molar-refractivity contribution is 1.14. The summed E-state index contributed by atoms with van der Waals surface area (Å²) in [5, 5.41) is 0. The van der Waals surface area contributed by atoms with E-state index in [-0.39, 0.29) is 0 Å². The predicted molar refractivity (Wildman–Crippen MR) is 43.0 cm³/mol. The fourth-order valence-electron chi connectivity index (χ4n) is 0.344. The quantitative estimate of drug-likeness (QED) is 0.403. The van der Waals surface area contributed by atoms with Gasteiger partial charge in [-0.25, -0.2) is 0 Å². The van der Waals surface area contributed by atoms with Gasteiger partial charge in [-0.1, -0.05) is 18.2 Å². The molecule has 1 nitrogen and oxygen atoms in total. The molecule has 0 aliphatic rings. The van der Waals surface area contributed by atoms with Gasteiger partial charge in [0.1, 0.15) is 0 Å². The van der Waals surface area contributed by atoms with Crippen LogP contribution in [0, 0.1) is 0 Å². The molecule has 9 heavy (non-hydrogen) atoms. The summed E-state index contributed by atoms with van der Waals surface area (Å²) in [6.07, 6.45) is 5.55. The van der Waals surface area contributed by atoms with Crippen LogP contribution in [0.5, 0.6) is 0 Å². The molecule has 0 bridgehead atoms. The van der Waals surface area contributed by atoms with Crippen molar-refractivity contribution >= 4 is 6.21 Å². The van der Waals surface area contributed by atoms with Crippen molar-refractivity contribution in [3.05, 3.63) is 24.3 Å². The minimum Gasteiger partial charge on any atom is -0.293 e. The van der Waals surface area contributed by atoms with Gasteiger partial charge in [0, 0.05) is 12.8 Å². The highest BCUT2D eigenvalue weighted by atomic mass is 14.7. The summed E-state index contributed by atoms with van der Waals surface area (Å²) in [6.45, 7) is 8.46. The third-order valence-electron chi connectivity index (χ3n) is 0.947. The molecule has 0 unspecified atom stereocenters. The molecular weight excluding hydrogens is 110 g/mol. The second-order valence-electron chi connectivity index (χ2n) is 1.76. The van der Waals surface area contributed by atoms with Crippen LogP contribution in [-0.4, -0.2) is 12.8 Å². The standard InChI is InChI=1S/C8H13N/c1-4-8(3)6-7-9-5-2/h4,6-7H,1,5H2,2-3H3/b8-6-,9-7?. The molecule has 0 saturated heterocycles. The Labute approximate surface area is 56.8 Å². The Hall–Kier alpha value is -0.850. The zero-order chi connectivity index (χ0) is 7.11. The number of rotatable bonds is 3. The van der Waals surface area contributed by atoms with E-state index in [0.29, 0.717) is 0 Å². The van der Waals surface area contributed by atoms with Crippen LogP contribution in [0.25, 0.3) is 0 Å². The summed E-state index contributed by atoms with van der Waals surface area (Å²) in [7, 11) is 0. The molecule has 0 spiro atoms. The summed E-state index contributed by atoms with van der Waals surface area (Å²) in [4.78, 5) is 4.01. The maximum Gasteiger partial charge on any atom is 0.0360 e. The molecule has 0 aromatic heterocycles. The Bertz CT molecular complexity index is 132. The first-order valence-electron chi connectivity index (χ1n) is 3.10. The summed E-state index contributed by atoms with van der Waals surface area (Å²) < 4.78 is 0. The first-order chi connectivity index (χ1) is 4.31. The maximum atomic E-state index is 4.01. The van der Waals surface area contributed by atoms with Crippen molar-refractivity contribution in [2.45, 2.75) is 13.8 Å². The molecule has 0 fully saturated rings. The summed E-state index contributed by atoms with van der Waals surface area (Å²) in [5.74, 6) is 0. The first kappa shape index (κ1) is 8.15. The molecule has 0 atom stereocenters. The number of hydrogen-bond acceptors (Lipinski definition) is 1. The molecular formula is C8H13N. The lowest BCUT2D eigenvalue weighted by Crippen LogP contribution is -1.71. The number of allylic oxidation sites excluding steroid dienone is 3. The fraction of sp³-hybridized carbons (Fsp3) is 0.375. The van der Waals surface area contributed by atoms with E-state index in [1.807, 2.05) is 26.0 Å². The molecule has 0 aliphatic carbocycles. The van der Waals surface area contributed by atoms with Gasteiger partial charge < -0.3 is 0 Å². The first-order valence-corrected chi connectivity index (χ1v) is 3.10. The van der Waals surface area contributed by atoms with Gasteiger partial charge in [-0.05, 0) is 19.9 Å². The number of hydrogen-bond donors (Lipinski definition) is 0. The average molecular weight is 123 g/mol. The van der Waals surface area contributed by atoms with Crippen molar-refractivity contribution in [1.82, 2.24) is 0 Å². The van der Waals surface area contributed by atoms with Crippen LogP contribution in [0.2, 0.25) is 0 Å². The van der Waals surface area contributed by atoms with Crippen LogP contribution in [0.4, 0.5) is 0 Å². The summed E-state index contributed by atoms with van der Waals surface area (Å²) in [5.41, 5.74) is 1.15. The van der Waals surface area contributed by atoms with E-state index in [9.17, 15) is 0 Å². The second kappa shape index (κ2) is 5.29. The van der Waals surface area contributed by atoms with Crippen LogP contribution in [0.3, 0.4) is 0 Å². The molecule has 50 valence electrons. The van der Waals surface area contributed by atoms with Gasteiger partial charge in [0.25, 0.3) is 0 Å². The largest absolute Gasteiger partial charge is 0.293 e. The van der Waals surface area contributed by atoms with E-state index in [4.69, 9.17) is 0 Å². The van der Waals surface area contributed by atoms with Gasteiger partial charge in [-0.3, -0.25) is 4.99 Å². The predicted octanol–water partition coefficient (Wildman–Crippen LogP) is 2.21. The highest BCUT2D eigenvalue weighted by molar-refractivity contribution is 5.72. The smallest absolute Gasteiger partial charge is 0.0360 e. The van der Waals surface area contributed by atoms with E-state index >= 15 is 0 Å². The fourth-order valence-corrected chi connectivity index (χ4v) is 0.344. The summed E-state index contributed by atoms with van der Waals surface area (Å²) >= 11 is 0. The van der Waals surface area contributed by atoms with E-state index in [1.165, 1.54) is 0 Å². The van der Waals surface area contributed by atoms with Crippen molar-refractivity contribution < 1.29 is 0 Å². The van der Waals surface area contributed by atoms with E-state index in [1.54, 1.807) is 6.21 Å². The van der Waals surface area contributed by atoms with Gasteiger partial charge in [0.15, 0.2) is 0 Å². The van der Waals surface area contributed by atoms with Crippen LogP contribution in [-0.2, 0) is 0 Å². The third kappa shape index (κ3) is 5.01. The van der Waals surface area contributed by atoms with Crippen LogP contribution >= 0.6 is 0 Å². The van der Waals surface area contributed by atoms with Gasteiger partial charge in [0.05, 0.1) is 0 Å².